The molecule has 8 nitrogen and oxygen atoms in total. The molecule has 0 saturated heterocycles. The first-order chi connectivity index (χ1) is 16.4. The molecule has 3 heterocycles. The highest BCUT2D eigenvalue weighted by atomic mass is 32.2. The Morgan fingerprint density at radius 3 is 2.68 bits per heavy atom. The predicted octanol–water partition coefficient (Wildman–Crippen LogP) is 3.95. The van der Waals surface area contributed by atoms with Gasteiger partial charge in [-0.15, -0.1) is 11.8 Å². The van der Waals surface area contributed by atoms with Crippen molar-refractivity contribution in [3.63, 3.8) is 0 Å². The molecule has 2 aromatic carbocycles. The topological polar surface area (TPSA) is 95.9 Å². The number of Topliss-reactive ketones (excluding diaryl/α,β-unsaturated/α-hetero) is 1. The molecule has 1 aromatic heterocycles. The Hall–Kier alpha value is -3.72. The summed E-state index contributed by atoms with van der Waals surface area (Å²) in [4.78, 5) is 37.9. The van der Waals surface area contributed by atoms with E-state index in [0.29, 0.717) is 41.7 Å². The lowest BCUT2D eigenvalue weighted by molar-refractivity contribution is -0.113. The molecule has 0 spiro atoms. The molecule has 174 valence electrons. The van der Waals surface area contributed by atoms with Crippen LogP contribution in [-0.2, 0) is 9.53 Å². The van der Waals surface area contributed by atoms with E-state index < -0.39 is 5.97 Å². The molecule has 5 rings (SSSR count). The average Bonchev–Trinajstić information content (AvgIpc) is 3.15. The van der Waals surface area contributed by atoms with Crippen LogP contribution >= 0.6 is 11.8 Å². The first kappa shape index (κ1) is 22.1. The van der Waals surface area contributed by atoms with Gasteiger partial charge in [0.15, 0.2) is 18.1 Å². The summed E-state index contributed by atoms with van der Waals surface area (Å²) in [5, 5.41) is 2.74. The molecule has 0 radical (unpaired) electrons. The number of fused-ring (bicyclic) bond motifs is 2. The number of hydrogen-bond acceptors (Lipinski definition) is 7. The Kier molecular flexibility index (Phi) is 5.79. The average molecular weight is 479 g/mol. The lowest BCUT2D eigenvalue weighted by Crippen LogP contribution is -2.19. The third kappa shape index (κ3) is 4.14. The van der Waals surface area contributed by atoms with Crippen molar-refractivity contribution >= 4 is 35.1 Å². The molecule has 9 heteroatoms. The fourth-order valence-corrected chi connectivity index (χ4v) is 4.90. The second-order valence-electron chi connectivity index (χ2n) is 8.00. The molecule has 0 fully saturated rings. The van der Waals surface area contributed by atoms with Gasteiger partial charge in [-0.25, -0.2) is 4.79 Å². The van der Waals surface area contributed by atoms with Crippen LogP contribution < -0.4 is 14.8 Å². The molecule has 3 aromatic rings. The number of anilines is 1. The number of benzene rings is 2. The van der Waals surface area contributed by atoms with E-state index in [1.54, 1.807) is 24.3 Å². The number of aromatic nitrogens is 1. The maximum Gasteiger partial charge on any atom is 0.338 e. The number of carbonyl (C=O) groups is 3. The summed E-state index contributed by atoms with van der Waals surface area (Å²) in [6.45, 7) is 4.38. The Balaban J connectivity index is 1.31. The number of amides is 1. The van der Waals surface area contributed by atoms with Crippen molar-refractivity contribution < 1.29 is 28.6 Å². The maximum atomic E-state index is 12.9. The fourth-order valence-electron chi connectivity index (χ4n) is 4.12. The number of carbonyl (C=O) groups excluding carboxylic acids is 3. The summed E-state index contributed by atoms with van der Waals surface area (Å²) in [5.41, 5.74) is 3.79. The van der Waals surface area contributed by atoms with Gasteiger partial charge in [-0.3, -0.25) is 9.59 Å². The van der Waals surface area contributed by atoms with Gasteiger partial charge in [0, 0.05) is 33.6 Å². The largest absolute Gasteiger partial charge is 0.486 e. The van der Waals surface area contributed by atoms with Gasteiger partial charge in [0.1, 0.15) is 13.2 Å². The van der Waals surface area contributed by atoms with Crippen molar-refractivity contribution in [3.8, 4) is 17.2 Å². The van der Waals surface area contributed by atoms with Crippen LogP contribution in [0.25, 0.3) is 5.69 Å². The number of hydrogen-bond donors (Lipinski definition) is 1. The molecule has 0 bridgehead atoms. The third-order valence-electron chi connectivity index (χ3n) is 5.70. The van der Waals surface area contributed by atoms with Crippen LogP contribution in [0.1, 0.15) is 32.1 Å². The van der Waals surface area contributed by atoms with Gasteiger partial charge in [0.2, 0.25) is 11.7 Å². The van der Waals surface area contributed by atoms with Crippen LogP contribution in [0.2, 0.25) is 0 Å². The Bertz CT molecular complexity index is 1330. The first-order valence-corrected chi connectivity index (χ1v) is 11.8. The van der Waals surface area contributed by atoms with Gasteiger partial charge < -0.3 is 24.1 Å². The van der Waals surface area contributed by atoms with Crippen molar-refractivity contribution in [2.45, 2.75) is 18.7 Å². The highest BCUT2D eigenvalue weighted by molar-refractivity contribution is 8.00. The molecule has 0 atom stereocenters. The second kappa shape index (κ2) is 8.90. The zero-order valence-corrected chi connectivity index (χ0v) is 19.5. The van der Waals surface area contributed by atoms with Gasteiger partial charge >= 0.3 is 5.97 Å². The highest BCUT2D eigenvalue weighted by Gasteiger charge is 2.22. The van der Waals surface area contributed by atoms with Gasteiger partial charge in [-0.1, -0.05) is 0 Å². The van der Waals surface area contributed by atoms with Crippen molar-refractivity contribution in [1.29, 1.82) is 0 Å². The molecule has 2 aliphatic heterocycles. The van der Waals surface area contributed by atoms with Crippen LogP contribution in [0.5, 0.6) is 11.5 Å². The smallest absolute Gasteiger partial charge is 0.338 e. The molecule has 0 saturated carbocycles. The van der Waals surface area contributed by atoms with E-state index >= 15 is 0 Å². The summed E-state index contributed by atoms with van der Waals surface area (Å²) in [5.74, 6) is 0.662. The zero-order chi connectivity index (χ0) is 23.8. The predicted molar refractivity (Wildman–Crippen MR) is 127 cm³/mol. The van der Waals surface area contributed by atoms with Crippen LogP contribution in [0.15, 0.2) is 47.4 Å². The van der Waals surface area contributed by atoms with Crippen molar-refractivity contribution in [3.05, 3.63) is 65.0 Å². The second-order valence-corrected chi connectivity index (χ2v) is 9.01. The van der Waals surface area contributed by atoms with Crippen LogP contribution in [0.4, 0.5) is 5.69 Å². The number of aryl methyl sites for hydroxylation is 1. The number of ketones is 1. The Morgan fingerprint density at radius 1 is 1.06 bits per heavy atom. The fraction of sp³-hybridized carbons (Fsp3) is 0.240. The van der Waals surface area contributed by atoms with E-state index in [2.05, 4.69) is 5.32 Å². The molecule has 1 amide bonds. The quantitative estimate of drug-likeness (QED) is 0.438. The zero-order valence-electron chi connectivity index (χ0n) is 18.7. The standard InChI is InChI=1S/C25H22N2O6S/c1-14-9-18(15(2)27(14)17-4-5-21-22(11-17)32-8-7-31-21)20(28)12-33-25(30)16-3-6-23-19(10-16)26-24(29)13-34-23/h3-6,9-11H,7-8,12-13H2,1-2H3,(H,26,29). The van der Waals surface area contributed by atoms with E-state index in [4.69, 9.17) is 14.2 Å². The molecular weight excluding hydrogens is 456 g/mol. The minimum absolute atomic E-state index is 0.119. The number of thioether (sulfide) groups is 1. The molecule has 2 aliphatic rings. The van der Waals surface area contributed by atoms with Crippen molar-refractivity contribution in [2.24, 2.45) is 0 Å². The van der Waals surface area contributed by atoms with E-state index in [1.165, 1.54) is 11.8 Å². The SMILES string of the molecule is Cc1cc(C(=O)COC(=O)c2ccc3c(c2)NC(=O)CS3)c(C)n1-c1ccc2c(c1)OCCO2. The van der Waals surface area contributed by atoms with Gasteiger partial charge in [0.05, 0.1) is 17.0 Å². The summed E-state index contributed by atoms with van der Waals surface area (Å²) < 4.78 is 18.5. The lowest BCUT2D eigenvalue weighted by atomic mass is 10.1. The van der Waals surface area contributed by atoms with Crippen LogP contribution in [0, 0.1) is 13.8 Å². The molecule has 0 unspecified atom stereocenters. The first-order valence-electron chi connectivity index (χ1n) is 10.8. The molecular formula is C25H22N2O6S. The van der Waals surface area contributed by atoms with E-state index in [9.17, 15) is 14.4 Å². The Morgan fingerprint density at radius 2 is 1.85 bits per heavy atom. The van der Waals surface area contributed by atoms with Crippen LogP contribution in [-0.4, -0.2) is 47.8 Å². The van der Waals surface area contributed by atoms with Crippen molar-refractivity contribution in [1.82, 2.24) is 4.57 Å². The number of ether oxygens (including phenoxy) is 3. The Labute approximate surface area is 200 Å². The van der Waals surface area contributed by atoms with E-state index in [-0.39, 0.29) is 23.9 Å². The van der Waals surface area contributed by atoms with Crippen LogP contribution in [0.3, 0.4) is 0 Å². The van der Waals surface area contributed by atoms with Gasteiger partial charge in [0.25, 0.3) is 0 Å². The monoisotopic (exact) mass is 478 g/mol. The molecule has 34 heavy (non-hydrogen) atoms. The summed E-state index contributed by atoms with van der Waals surface area (Å²) >= 11 is 1.41. The summed E-state index contributed by atoms with van der Waals surface area (Å²) in [6, 6.07) is 12.4. The van der Waals surface area contributed by atoms with Gasteiger partial charge in [-0.05, 0) is 50.2 Å². The number of nitrogens with one attached hydrogen (secondary N) is 1. The third-order valence-corrected chi connectivity index (χ3v) is 6.77. The van der Waals surface area contributed by atoms with Crippen molar-refractivity contribution in [2.75, 3.05) is 30.9 Å². The minimum atomic E-state index is -0.624. The maximum absolute atomic E-state index is 12.9. The number of nitrogens with zero attached hydrogens (tertiary/aromatic N) is 1. The number of esters is 1. The van der Waals surface area contributed by atoms with E-state index in [1.807, 2.05) is 36.6 Å². The molecule has 1 N–H and O–H groups in total. The summed E-state index contributed by atoms with van der Waals surface area (Å²) in [7, 11) is 0. The van der Waals surface area contributed by atoms with Gasteiger partial charge in [-0.2, -0.15) is 0 Å². The minimum Gasteiger partial charge on any atom is -0.486 e. The lowest BCUT2D eigenvalue weighted by Gasteiger charge is -2.20. The number of rotatable bonds is 5. The van der Waals surface area contributed by atoms with E-state index in [0.717, 1.165) is 22.0 Å². The normalized spacial score (nSPS) is 14.2. The summed E-state index contributed by atoms with van der Waals surface area (Å²) in [6.07, 6.45) is 0. The molecule has 0 aliphatic carbocycles. The highest BCUT2D eigenvalue weighted by Crippen LogP contribution is 2.34.